The van der Waals surface area contributed by atoms with Crippen LogP contribution in [-0.2, 0) is 4.79 Å². The Hall–Kier alpha value is -2.38. The van der Waals surface area contributed by atoms with Gasteiger partial charge in [0.2, 0.25) is 11.1 Å². The molecule has 0 saturated carbocycles. The number of carbonyl (C=O) groups excluding carboxylic acids is 1. The van der Waals surface area contributed by atoms with E-state index in [4.69, 9.17) is 11.6 Å². The number of carbonyl (C=O) groups is 1. The van der Waals surface area contributed by atoms with Gasteiger partial charge in [0.1, 0.15) is 0 Å². The Morgan fingerprint density at radius 3 is 2.46 bits per heavy atom. The molecular formula is C18H18ClN5OS. The lowest BCUT2D eigenvalue weighted by Gasteiger charge is -2.15. The number of tetrazole rings is 1. The predicted octanol–water partition coefficient (Wildman–Crippen LogP) is 4.05. The molecule has 26 heavy (non-hydrogen) atoms. The van der Waals surface area contributed by atoms with Gasteiger partial charge in [0, 0.05) is 10.7 Å². The largest absolute Gasteiger partial charge is 0.325 e. The van der Waals surface area contributed by atoms with Crippen molar-refractivity contribution in [3.05, 3.63) is 58.6 Å². The fourth-order valence-corrected chi connectivity index (χ4v) is 3.38. The molecule has 6 nitrogen and oxygen atoms in total. The highest BCUT2D eigenvalue weighted by molar-refractivity contribution is 8.00. The van der Waals surface area contributed by atoms with Gasteiger partial charge in [0.25, 0.3) is 0 Å². The summed E-state index contributed by atoms with van der Waals surface area (Å²) in [5.41, 5.74) is 3.69. The third kappa shape index (κ3) is 4.05. The van der Waals surface area contributed by atoms with Gasteiger partial charge in [-0.15, -0.1) is 5.10 Å². The van der Waals surface area contributed by atoms with Crippen LogP contribution in [0.15, 0.2) is 47.6 Å². The molecule has 1 atom stereocenters. The summed E-state index contributed by atoms with van der Waals surface area (Å²) in [6.07, 6.45) is 0. The summed E-state index contributed by atoms with van der Waals surface area (Å²) in [6.45, 7) is 5.78. The minimum Gasteiger partial charge on any atom is -0.325 e. The molecule has 0 bridgehead atoms. The second kappa shape index (κ2) is 7.88. The van der Waals surface area contributed by atoms with Crippen LogP contribution in [0, 0.1) is 13.8 Å². The van der Waals surface area contributed by atoms with E-state index in [1.807, 2.05) is 51.1 Å². The van der Waals surface area contributed by atoms with Gasteiger partial charge in [-0.25, -0.2) is 0 Å². The number of hydrogen-bond acceptors (Lipinski definition) is 5. The smallest absolute Gasteiger partial charge is 0.237 e. The van der Waals surface area contributed by atoms with Crippen molar-refractivity contribution in [1.29, 1.82) is 0 Å². The van der Waals surface area contributed by atoms with Gasteiger partial charge in [-0.1, -0.05) is 41.6 Å². The molecule has 1 heterocycles. The summed E-state index contributed by atoms with van der Waals surface area (Å²) in [5.74, 6) is -0.0990. The molecule has 0 aliphatic rings. The molecule has 1 unspecified atom stereocenters. The Balaban J connectivity index is 1.74. The number of halogens is 1. The van der Waals surface area contributed by atoms with Gasteiger partial charge in [-0.3, -0.25) is 4.79 Å². The number of para-hydroxylation sites is 1. The number of rotatable bonds is 5. The van der Waals surface area contributed by atoms with Gasteiger partial charge in [-0.05, 0) is 66.6 Å². The van der Waals surface area contributed by atoms with Crippen LogP contribution in [-0.4, -0.2) is 31.4 Å². The SMILES string of the molecule is Cc1cccc(C)c1NC(=O)C(C)Sc1nnnn1-c1ccc(Cl)cc1. The average molecular weight is 388 g/mol. The summed E-state index contributed by atoms with van der Waals surface area (Å²) in [5, 5.41) is 15.6. The quantitative estimate of drug-likeness (QED) is 0.668. The molecule has 0 fully saturated rings. The lowest BCUT2D eigenvalue weighted by Crippen LogP contribution is -2.23. The standard InChI is InChI=1S/C18H18ClN5OS/c1-11-5-4-6-12(2)16(11)20-17(25)13(3)26-18-21-22-23-24(18)15-9-7-14(19)8-10-15/h4-10,13H,1-3H3,(H,20,25). The van der Waals surface area contributed by atoms with Gasteiger partial charge < -0.3 is 5.32 Å². The molecule has 2 aromatic carbocycles. The van der Waals surface area contributed by atoms with Gasteiger partial charge in [-0.2, -0.15) is 4.68 Å². The third-order valence-electron chi connectivity index (χ3n) is 3.89. The van der Waals surface area contributed by atoms with E-state index in [2.05, 4.69) is 20.8 Å². The van der Waals surface area contributed by atoms with E-state index in [1.54, 1.807) is 16.8 Å². The van der Waals surface area contributed by atoms with Gasteiger partial charge >= 0.3 is 0 Å². The zero-order valence-corrected chi connectivity index (χ0v) is 16.2. The summed E-state index contributed by atoms with van der Waals surface area (Å²) >= 11 is 7.22. The van der Waals surface area contributed by atoms with Crippen LogP contribution < -0.4 is 5.32 Å². The average Bonchev–Trinajstić information content (AvgIpc) is 3.07. The number of benzene rings is 2. The van der Waals surface area contributed by atoms with Crippen LogP contribution >= 0.6 is 23.4 Å². The molecule has 0 saturated heterocycles. The fourth-order valence-electron chi connectivity index (χ4n) is 2.44. The highest BCUT2D eigenvalue weighted by atomic mass is 35.5. The number of aryl methyl sites for hydroxylation is 2. The predicted molar refractivity (Wildman–Crippen MR) is 104 cm³/mol. The molecule has 8 heteroatoms. The Labute approximate surface area is 160 Å². The summed E-state index contributed by atoms with van der Waals surface area (Å²) < 4.78 is 1.59. The van der Waals surface area contributed by atoms with Crippen LogP contribution in [0.2, 0.25) is 5.02 Å². The van der Waals surface area contributed by atoms with Crippen LogP contribution in [0.3, 0.4) is 0 Å². The van der Waals surface area contributed by atoms with Crippen LogP contribution in [0.4, 0.5) is 5.69 Å². The molecule has 134 valence electrons. The lowest BCUT2D eigenvalue weighted by atomic mass is 10.1. The van der Waals surface area contributed by atoms with Crippen LogP contribution in [0.1, 0.15) is 18.1 Å². The van der Waals surface area contributed by atoms with Gasteiger partial charge in [0.15, 0.2) is 0 Å². The van der Waals surface area contributed by atoms with Gasteiger partial charge in [0.05, 0.1) is 10.9 Å². The molecule has 3 aromatic rings. The Kier molecular flexibility index (Phi) is 5.58. The van der Waals surface area contributed by atoms with E-state index >= 15 is 0 Å². The zero-order valence-electron chi connectivity index (χ0n) is 14.6. The second-order valence-electron chi connectivity index (χ2n) is 5.87. The first kappa shape index (κ1) is 18.4. The number of nitrogens with one attached hydrogen (secondary N) is 1. The topological polar surface area (TPSA) is 72.7 Å². The summed E-state index contributed by atoms with van der Waals surface area (Å²) in [4.78, 5) is 12.6. The molecule has 0 radical (unpaired) electrons. The highest BCUT2D eigenvalue weighted by Gasteiger charge is 2.20. The van der Waals surface area contributed by atoms with E-state index in [0.29, 0.717) is 10.2 Å². The summed E-state index contributed by atoms with van der Waals surface area (Å²) in [7, 11) is 0. The number of aromatic nitrogens is 4. The maximum atomic E-state index is 12.6. The van der Waals surface area contributed by atoms with Crippen molar-refractivity contribution in [2.75, 3.05) is 5.32 Å². The Bertz CT molecular complexity index is 905. The molecule has 0 spiro atoms. The van der Waals surface area contributed by atoms with Crippen molar-refractivity contribution in [2.24, 2.45) is 0 Å². The highest BCUT2D eigenvalue weighted by Crippen LogP contribution is 2.26. The fraction of sp³-hybridized carbons (Fsp3) is 0.222. The normalized spacial score (nSPS) is 12.0. The minimum atomic E-state index is -0.369. The molecule has 0 aliphatic heterocycles. The van der Waals surface area contributed by atoms with E-state index in [-0.39, 0.29) is 11.2 Å². The minimum absolute atomic E-state index is 0.0990. The number of nitrogens with zero attached hydrogens (tertiary/aromatic N) is 4. The van der Waals surface area contributed by atoms with Crippen molar-refractivity contribution in [3.8, 4) is 5.69 Å². The third-order valence-corrected chi connectivity index (χ3v) is 5.18. The summed E-state index contributed by atoms with van der Waals surface area (Å²) in [6, 6.07) is 13.1. The first-order chi connectivity index (χ1) is 12.5. The van der Waals surface area contributed by atoms with E-state index in [0.717, 1.165) is 22.5 Å². The number of hydrogen-bond donors (Lipinski definition) is 1. The van der Waals surface area contributed by atoms with E-state index in [1.165, 1.54) is 11.8 Å². The van der Waals surface area contributed by atoms with E-state index < -0.39 is 0 Å². The first-order valence-corrected chi connectivity index (χ1v) is 9.29. The number of thioether (sulfide) groups is 1. The molecule has 1 aromatic heterocycles. The number of amides is 1. The van der Waals surface area contributed by atoms with Crippen molar-refractivity contribution in [1.82, 2.24) is 20.2 Å². The lowest BCUT2D eigenvalue weighted by molar-refractivity contribution is -0.115. The van der Waals surface area contributed by atoms with E-state index in [9.17, 15) is 4.79 Å². The maximum Gasteiger partial charge on any atom is 0.237 e. The van der Waals surface area contributed by atoms with Crippen molar-refractivity contribution < 1.29 is 4.79 Å². The molecule has 3 rings (SSSR count). The second-order valence-corrected chi connectivity index (χ2v) is 7.61. The van der Waals surface area contributed by atoms with Crippen molar-refractivity contribution >= 4 is 35.0 Å². The van der Waals surface area contributed by atoms with Crippen molar-refractivity contribution in [3.63, 3.8) is 0 Å². The zero-order chi connectivity index (χ0) is 18.7. The van der Waals surface area contributed by atoms with Crippen molar-refractivity contribution in [2.45, 2.75) is 31.2 Å². The number of anilines is 1. The first-order valence-electron chi connectivity index (χ1n) is 8.04. The Morgan fingerprint density at radius 1 is 1.15 bits per heavy atom. The molecule has 1 amide bonds. The Morgan fingerprint density at radius 2 is 1.81 bits per heavy atom. The monoisotopic (exact) mass is 387 g/mol. The maximum absolute atomic E-state index is 12.6. The molecule has 0 aliphatic carbocycles. The van der Waals surface area contributed by atoms with Crippen LogP contribution in [0.5, 0.6) is 0 Å². The molecular weight excluding hydrogens is 370 g/mol. The molecule has 1 N–H and O–H groups in total. The van der Waals surface area contributed by atoms with Crippen LogP contribution in [0.25, 0.3) is 5.69 Å².